The highest BCUT2D eigenvalue weighted by Crippen LogP contribution is 2.71. The number of rotatable bonds is 4. The normalized spacial score (nSPS) is 13.8. The summed E-state index contributed by atoms with van der Waals surface area (Å²) in [5.74, 6) is 1.13. The Bertz CT molecular complexity index is 65.8. The lowest BCUT2D eigenvalue weighted by atomic mass is 10.4. The monoisotopic (exact) mass is 220 g/mol. The Balaban J connectivity index is 3.07. The molecule has 0 saturated heterocycles. The maximum absolute atomic E-state index is 4.20. The minimum absolute atomic E-state index is 1.13. The van der Waals surface area contributed by atoms with Gasteiger partial charge in [0.2, 0.25) is 0 Å². The second kappa shape index (κ2) is 5.41. The largest absolute Gasteiger partial charge is 0.102 e. The smallest absolute Gasteiger partial charge is 0.00442 e. The van der Waals surface area contributed by atoms with Crippen LogP contribution in [0, 0.1) is 0 Å². The first-order chi connectivity index (χ1) is 4.06. The molecule has 0 fully saturated rings. The van der Waals surface area contributed by atoms with E-state index < -0.39 is 6.16 Å². The molecule has 0 spiro atoms. The molecule has 0 aliphatic carbocycles. The van der Waals surface area contributed by atoms with E-state index in [0.717, 1.165) is 5.75 Å². The van der Waals surface area contributed by atoms with Crippen LogP contribution in [0.1, 0.15) is 19.8 Å². The predicted octanol–water partition coefficient (Wildman–Crippen LogP) is 3.77. The highest BCUT2D eigenvalue weighted by Gasteiger charge is 2.06. The molecule has 0 nitrogen and oxygen atoms in total. The van der Waals surface area contributed by atoms with E-state index in [0.29, 0.717) is 0 Å². The molecule has 0 aliphatic heterocycles. The van der Waals surface area contributed by atoms with Gasteiger partial charge >= 0.3 is 0 Å². The van der Waals surface area contributed by atoms with Crippen molar-refractivity contribution < 1.29 is 0 Å². The van der Waals surface area contributed by atoms with Crippen molar-refractivity contribution in [2.45, 2.75) is 19.8 Å². The van der Waals surface area contributed by atoms with Gasteiger partial charge in [0, 0.05) is 5.75 Å². The van der Waals surface area contributed by atoms with E-state index in [4.69, 9.17) is 0 Å². The molecule has 0 saturated carbocycles. The van der Waals surface area contributed by atoms with Gasteiger partial charge in [0.15, 0.2) is 0 Å². The lowest BCUT2D eigenvalue weighted by Crippen LogP contribution is -1.74. The fourth-order valence-electron chi connectivity index (χ4n) is 0.315. The summed E-state index contributed by atoms with van der Waals surface area (Å²) in [4.78, 5) is 0. The molecule has 0 amide bonds. The number of unbranched alkanes of at least 4 members (excludes halogenated alkanes) is 1. The van der Waals surface area contributed by atoms with Crippen molar-refractivity contribution in [1.29, 1.82) is 0 Å². The van der Waals surface area contributed by atoms with Gasteiger partial charge in [0.05, 0.1) is 0 Å². The van der Waals surface area contributed by atoms with Gasteiger partial charge < -0.3 is 0 Å². The average molecular weight is 220 g/mol. The Morgan fingerprint density at radius 1 is 1.33 bits per heavy atom. The molecule has 0 aromatic carbocycles. The summed E-state index contributed by atoms with van der Waals surface area (Å²) >= 11 is 12.6. The molecular weight excluding hydrogens is 208 g/mol. The van der Waals surface area contributed by atoms with Crippen LogP contribution in [0.2, 0.25) is 0 Å². The lowest BCUT2D eigenvalue weighted by molar-refractivity contribution is 0.898. The molecule has 9 heavy (non-hydrogen) atoms. The maximum Gasteiger partial charge on any atom is 0.00442 e. The van der Waals surface area contributed by atoms with E-state index in [1.54, 1.807) is 10.8 Å². The first kappa shape index (κ1) is 10.8. The fraction of sp³-hybridized carbons (Fsp3) is 1.00. The van der Waals surface area contributed by atoms with Gasteiger partial charge in [-0.3, -0.25) is 0 Å². The Morgan fingerprint density at radius 3 is 2.22 bits per heavy atom. The van der Waals surface area contributed by atoms with E-state index in [2.05, 4.69) is 41.9 Å². The molecule has 58 valence electrons. The van der Waals surface area contributed by atoms with Crippen molar-refractivity contribution in [1.82, 2.24) is 0 Å². The molecular formula is C4H12S5. The first-order valence-corrected chi connectivity index (χ1v) is 9.00. The molecule has 5 heteroatoms. The summed E-state index contributed by atoms with van der Waals surface area (Å²) in [5.41, 5.74) is 0. The summed E-state index contributed by atoms with van der Waals surface area (Å²) in [7, 11) is 1.73. The molecule has 0 unspecified atom stereocenters. The lowest BCUT2D eigenvalue weighted by Gasteiger charge is -2.18. The SMILES string of the molecule is CCCCSS(S)(S)S. The number of thiol groups is 3. The molecule has 0 rings (SSSR count). The van der Waals surface area contributed by atoms with Crippen LogP contribution >= 0.6 is 51.9 Å². The van der Waals surface area contributed by atoms with Gasteiger partial charge in [0.25, 0.3) is 0 Å². The second-order valence-corrected chi connectivity index (χ2v) is 15.2. The average Bonchev–Trinajstić information content (AvgIpc) is 1.63. The van der Waals surface area contributed by atoms with Crippen molar-refractivity contribution in [2.24, 2.45) is 0 Å². The highest BCUT2D eigenvalue weighted by atomic mass is 34.1. The fourth-order valence-corrected chi connectivity index (χ4v) is 3.98. The van der Waals surface area contributed by atoms with Crippen LogP contribution in [0.5, 0.6) is 0 Å². The standard InChI is InChI=1S/C4H12S5/c1-2-3-4-8-9(5,6)7/h5-7H,2-4H2,1H3. The Kier molecular flexibility index (Phi) is 6.46. The molecule has 0 bridgehead atoms. The van der Waals surface area contributed by atoms with Gasteiger partial charge in [0.1, 0.15) is 0 Å². The van der Waals surface area contributed by atoms with Gasteiger partial charge in [-0.2, -0.15) is 0 Å². The van der Waals surface area contributed by atoms with E-state index in [9.17, 15) is 0 Å². The topological polar surface area (TPSA) is 0 Å². The van der Waals surface area contributed by atoms with Crippen LogP contribution in [0.25, 0.3) is 0 Å². The summed E-state index contributed by atoms with van der Waals surface area (Å²) in [6.07, 6.45) is 1.27. The molecule has 0 atom stereocenters. The molecule has 0 aromatic heterocycles. The quantitative estimate of drug-likeness (QED) is 0.368. The highest BCUT2D eigenvalue weighted by molar-refractivity contribution is 9.61. The molecule has 0 heterocycles. The zero-order valence-electron chi connectivity index (χ0n) is 5.28. The third kappa shape index (κ3) is 9.75. The summed E-state index contributed by atoms with van der Waals surface area (Å²) in [5, 5.41) is 0. The summed E-state index contributed by atoms with van der Waals surface area (Å²) in [6.45, 7) is 2.17. The van der Waals surface area contributed by atoms with Gasteiger partial charge in [-0.15, -0.1) is 35.0 Å². The summed E-state index contributed by atoms with van der Waals surface area (Å²) in [6, 6.07) is 0. The Morgan fingerprint density at radius 2 is 1.89 bits per heavy atom. The van der Waals surface area contributed by atoms with E-state index in [1.165, 1.54) is 12.8 Å². The van der Waals surface area contributed by atoms with Crippen LogP contribution < -0.4 is 0 Å². The van der Waals surface area contributed by atoms with Crippen molar-refractivity contribution in [3.63, 3.8) is 0 Å². The minimum atomic E-state index is -1.20. The molecule has 0 aromatic rings. The maximum atomic E-state index is 4.20. The number of hydrogen-bond donors (Lipinski definition) is 3. The van der Waals surface area contributed by atoms with Crippen molar-refractivity contribution in [3.05, 3.63) is 0 Å². The third-order valence-corrected chi connectivity index (χ3v) is 5.81. The third-order valence-electron chi connectivity index (χ3n) is 0.739. The van der Waals surface area contributed by atoms with E-state index >= 15 is 0 Å². The second-order valence-electron chi connectivity index (χ2n) is 1.64. The Labute approximate surface area is 77.1 Å². The van der Waals surface area contributed by atoms with Crippen LogP contribution in [0.3, 0.4) is 0 Å². The minimum Gasteiger partial charge on any atom is -0.102 e. The van der Waals surface area contributed by atoms with Crippen LogP contribution in [-0.4, -0.2) is 5.75 Å². The molecule has 0 aliphatic rings. The van der Waals surface area contributed by atoms with Gasteiger partial charge in [-0.05, 0) is 6.42 Å². The number of hydrogen-bond acceptors (Lipinski definition) is 4. The zero-order chi connectivity index (χ0) is 7.33. The zero-order valence-corrected chi connectivity index (χ0v) is 9.60. The van der Waals surface area contributed by atoms with Crippen LogP contribution in [0.4, 0.5) is 0 Å². The Hall–Kier alpha value is 1.75. The van der Waals surface area contributed by atoms with E-state index in [1.807, 2.05) is 0 Å². The van der Waals surface area contributed by atoms with Gasteiger partial charge in [-0.25, -0.2) is 0 Å². The van der Waals surface area contributed by atoms with Crippen LogP contribution in [0.15, 0.2) is 0 Å². The first-order valence-electron chi connectivity index (χ1n) is 2.71. The van der Waals surface area contributed by atoms with Crippen molar-refractivity contribution in [2.75, 3.05) is 5.75 Å². The van der Waals surface area contributed by atoms with Crippen molar-refractivity contribution in [3.8, 4) is 0 Å². The van der Waals surface area contributed by atoms with Gasteiger partial charge in [-0.1, -0.05) is 30.3 Å². The van der Waals surface area contributed by atoms with Crippen LogP contribution in [-0.2, 0) is 0 Å². The van der Waals surface area contributed by atoms with Crippen molar-refractivity contribution >= 4 is 51.9 Å². The summed E-state index contributed by atoms with van der Waals surface area (Å²) < 4.78 is 0. The predicted molar refractivity (Wildman–Crippen MR) is 61.9 cm³/mol. The molecule has 0 N–H and O–H groups in total. The van der Waals surface area contributed by atoms with E-state index in [-0.39, 0.29) is 0 Å². The molecule has 0 radical (unpaired) electrons.